The van der Waals surface area contributed by atoms with E-state index in [0.29, 0.717) is 11.1 Å². The molecule has 16 nitrogen and oxygen atoms in total. The number of carbonyl (C=O) groups is 3. The number of hydrogen-bond donors (Lipinski definition) is 1. The molecule has 40 heavy (non-hydrogen) atoms. The van der Waals surface area contributed by atoms with Crippen molar-refractivity contribution >= 4 is 51.8 Å². The maximum Gasteiger partial charge on any atom is 0.535 e. The van der Waals surface area contributed by atoms with Crippen molar-refractivity contribution < 1.29 is 43.3 Å². The first kappa shape index (κ1) is 29.1. The Morgan fingerprint density at radius 3 is 1.98 bits per heavy atom. The number of oxime groups is 1. The van der Waals surface area contributed by atoms with E-state index in [0.717, 1.165) is 11.3 Å². The van der Waals surface area contributed by atoms with Crippen molar-refractivity contribution in [3.05, 3.63) is 91.0 Å². The summed E-state index contributed by atoms with van der Waals surface area (Å²) in [6.45, 7) is 1.07. The summed E-state index contributed by atoms with van der Waals surface area (Å²) < 4.78 is 14.8. The van der Waals surface area contributed by atoms with Gasteiger partial charge in [-0.25, -0.2) is 19.4 Å². The van der Waals surface area contributed by atoms with Gasteiger partial charge in [-0.1, -0.05) is 5.16 Å². The molecule has 1 heterocycles. The normalized spacial score (nSPS) is 10.8. The molecule has 208 valence electrons. The molecule has 0 aliphatic heterocycles. The van der Waals surface area contributed by atoms with Gasteiger partial charge in [0, 0.05) is 29.6 Å². The van der Waals surface area contributed by atoms with E-state index in [1.165, 1.54) is 53.9 Å². The van der Waals surface area contributed by atoms with Gasteiger partial charge < -0.3 is 14.2 Å². The Hall–Kier alpha value is -5.45. The Morgan fingerprint density at radius 1 is 0.900 bits per heavy atom. The summed E-state index contributed by atoms with van der Waals surface area (Å²) in [5, 5.41) is 28.6. The molecule has 0 saturated carbocycles. The number of rotatable bonds is 11. The maximum atomic E-state index is 12.3. The van der Waals surface area contributed by atoms with Crippen LogP contribution in [0.2, 0.25) is 0 Å². The van der Waals surface area contributed by atoms with Crippen molar-refractivity contribution in [1.82, 2.24) is 4.98 Å². The van der Waals surface area contributed by atoms with Crippen molar-refractivity contribution in [2.45, 2.75) is 20.1 Å². The molecule has 0 atom stereocenters. The predicted molar refractivity (Wildman–Crippen MR) is 137 cm³/mol. The van der Waals surface area contributed by atoms with Gasteiger partial charge in [-0.3, -0.25) is 30.4 Å². The molecule has 2 aromatic carbocycles. The first-order valence-electron chi connectivity index (χ1n) is 11.1. The number of nitrogens with zero attached hydrogens (tertiary/aromatic N) is 4. The number of nitro groups is 2. The summed E-state index contributed by atoms with van der Waals surface area (Å²) >= 11 is 0.907. The number of esters is 1. The fourth-order valence-corrected chi connectivity index (χ4v) is 3.46. The number of aromatic nitrogens is 1. The lowest BCUT2D eigenvalue weighted by molar-refractivity contribution is -0.385. The summed E-state index contributed by atoms with van der Waals surface area (Å²) in [6.07, 6.45) is -2.16. The molecule has 0 bridgehead atoms. The maximum absolute atomic E-state index is 12.3. The van der Waals surface area contributed by atoms with Gasteiger partial charge in [0.05, 0.1) is 16.5 Å². The van der Waals surface area contributed by atoms with Crippen LogP contribution in [0.5, 0.6) is 0 Å². The Balaban J connectivity index is 1.58. The number of carbonyl (C=O) groups excluding carboxylic acids is 3. The number of ether oxygens (including phenoxy) is 3. The van der Waals surface area contributed by atoms with E-state index in [9.17, 15) is 34.6 Å². The Kier molecular flexibility index (Phi) is 10.1. The van der Waals surface area contributed by atoms with Crippen LogP contribution in [0.4, 0.5) is 26.1 Å². The highest BCUT2D eigenvalue weighted by molar-refractivity contribution is 7.14. The smallest absolute Gasteiger partial charge is 0.461 e. The minimum absolute atomic E-state index is 0.0152. The first-order chi connectivity index (χ1) is 19.2. The number of thiazole rings is 1. The van der Waals surface area contributed by atoms with Gasteiger partial charge in [-0.05, 0) is 42.3 Å². The SMILES string of the molecule is CCOC(=O)C(=NOC(=O)OCc1ccc([N+](=O)[O-])cc1)c1csc(NC(=O)OCc2ccc([N+](=O)[O-])cc2)n1. The third-order valence-electron chi connectivity index (χ3n) is 4.66. The second-order valence-electron chi connectivity index (χ2n) is 7.38. The van der Waals surface area contributed by atoms with Crippen LogP contribution in [0.1, 0.15) is 23.7 Å². The summed E-state index contributed by atoms with van der Waals surface area (Å²) in [4.78, 5) is 65.4. The molecular weight excluding hydrogens is 554 g/mol. The summed E-state index contributed by atoms with van der Waals surface area (Å²) in [5.41, 5.74) is 0.131. The molecule has 3 aromatic rings. The largest absolute Gasteiger partial charge is 0.535 e. The van der Waals surface area contributed by atoms with Crippen LogP contribution in [-0.4, -0.2) is 45.4 Å². The van der Waals surface area contributed by atoms with E-state index >= 15 is 0 Å². The minimum Gasteiger partial charge on any atom is -0.461 e. The van der Waals surface area contributed by atoms with Crippen LogP contribution < -0.4 is 5.32 Å². The Morgan fingerprint density at radius 2 is 1.45 bits per heavy atom. The molecule has 0 aliphatic carbocycles. The molecular formula is C23H19N5O11S. The molecule has 1 N–H and O–H groups in total. The number of nitro benzene ring substituents is 2. The van der Waals surface area contributed by atoms with Crippen molar-refractivity contribution in [2.24, 2.45) is 5.16 Å². The number of nitrogens with one attached hydrogen (secondary N) is 1. The second-order valence-corrected chi connectivity index (χ2v) is 8.23. The van der Waals surface area contributed by atoms with Crippen LogP contribution in [-0.2, 0) is 37.1 Å². The van der Waals surface area contributed by atoms with Gasteiger partial charge in [-0.15, -0.1) is 11.3 Å². The Labute approximate surface area is 228 Å². The van der Waals surface area contributed by atoms with Gasteiger partial charge in [0.1, 0.15) is 18.9 Å². The topological polar surface area (TPSA) is 212 Å². The van der Waals surface area contributed by atoms with Crippen LogP contribution in [0.3, 0.4) is 0 Å². The van der Waals surface area contributed by atoms with Gasteiger partial charge in [-0.2, -0.15) is 0 Å². The average Bonchev–Trinajstić information content (AvgIpc) is 3.39. The standard InChI is InChI=1S/C23H19N5O11S/c1-2-36-20(29)19(26-39-23(31)38-12-15-5-9-17(10-6-15)28(34)35)18-13-40-21(24-18)25-22(30)37-11-14-3-7-16(8-4-14)27(32)33/h3-10,13H,2,11-12H2,1H3,(H,24,25,30). The van der Waals surface area contributed by atoms with Crippen molar-refractivity contribution in [1.29, 1.82) is 0 Å². The minimum atomic E-state index is -1.27. The van der Waals surface area contributed by atoms with Crippen molar-refractivity contribution in [2.75, 3.05) is 11.9 Å². The zero-order valence-electron chi connectivity index (χ0n) is 20.5. The fourth-order valence-electron chi connectivity index (χ4n) is 2.78. The molecule has 1 aromatic heterocycles. The van der Waals surface area contributed by atoms with Gasteiger partial charge in [0.25, 0.3) is 11.4 Å². The van der Waals surface area contributed by atoms with Gasteiger partial charge >= 0.3 is 18.2 Å². The first-order valence-corrected chi connectivity index (χ1v) is 12.0. The van der Waals surface area contributed by atoms with Crippen LogP contribution >= 0.6 is 11.3 Å². The van der Waals surface area contributed by atoms with E-state index in [4.69, 9.17) is 14.2 Å². The predicted octanol–water partition coefficient (Wildman–Crippen LogP) is 4.33. The summed E-state index contributed by atoms with van der Waals surface area (Å²) in [6, 6.07) is 10.7. The Bertz CT molecular complexity index is 1420. The third kappa shape index (κ3) is 8.55. The van der Waals surface area contributed by atoms with E-state index in [1.807, 2.05) is 0 Å². The molecule has 17 heteroatoms. The number of anilines is 1. The van der Waals surface area contributed by atoms with Crippen molar-refractivity contribution in [3.8, 4) is 0 Å². The number of benzene rings is 2. The number of amides is 1. The molecule has 0 unspecified atom stereocenters. The van der Waals surface area contributed by atoms with Gasteiger partial charge in [0.2, 0.25) is 5.71 Å². The molecule has 0 aliphatic rings. The van der Waals surface area contributed by atoms with Crippen molar-refractivity contribution in [3.63, 3.8) is 0 Å². The molecule has 0 radical (unpaired) electrons. The molecule has 3 rings (SSSR count). The van der Waals surface area contributed by atoms with E-state index in [1.54, 1.807) is 6.92 Å². The molecule has 0 spiro atoms. The highest BCUT2D eigenvalue weighted by Crippen LogP contribution is 2.18. The molecule has 0 saturated heterocycles. The zero-order valence-corrected chi connectivity index (χ0v) is 21.3. The number of non-ortho nitro benzene ring substituents is 2. The summed E-state index contributed by atoms with van der Waals surface area (Å²) in [5.74, 6) is -0.969. The monoisotopic (exact) mass is 573 g/mol. The third-order valence-corrected chi connectivity index (χ3v) is 5.41. The van der Waals surface area contributed by atoms with Crippen LogP contribution in [0, 0.1) is 20.2 Å². The molecule has 1 amide bonds. The van der Waals surface area contributed by atoms with E-state index < -0.39 is 33.8 Å². The zero-order chi connectivity index (χ0) is 29.1. The summed E-state index contributed by atoms with van der Waals surface area (Å²) in [7, 11) is 0. The van der Waals surface area contributed by atoms with Gasteiger partial charge in [0.15, 0.2) is 5.13 Å². The molecule has 0 fully saturated rings. The highest BCUT2D eigenvalue weighted by Gasteiger charge is 2.22. The lowest BCUT2D eigenvalue weighted by Gasteiger charge is -2.05. The lowest BCUT2D eigenvalue weighted by atomic mass is 10.2. The lowest BCUT2D eigenvalue weighted by Crippen LogP contribution is -2.21. The average molecular weight is 573 g/mol. The van der Waals surface area contributed by atoms with E-state index in [2.05, 4.69) is 20.3 Å². The quantitative estimate of drug-likeness (QED) is 0.0848. The second kappa shape index (κ2) is 13.9. The highest BCUT2D eigenvalue weighted by atomic mass is 32.1. The number of hydrogen-bond acceptors (Lipinski definition) is 14. The fraction of sp³-hybridized carbons (Fsp3) is 0.174. The van der Waals surface area contributed by atoms with Crippen LogP contribution in [0.15, 0.2) is 59.1 Å². The van der Waals surface area contributed by atoms with Crippen LogP contribution in [0.25, 0.3) is 0 Å². The van der Waals surface area contributed by atoms with E-state index in [-0.39, 0.29) is 42.0 Å².